The topological polar surface area (TPSA) is 20.3 Å². The van der Waals surface area contributed by atoms with Gasteiger partial charge in [0.1, 0.15) is 0 Å². The van der Waals surface area contributed by atoms with Crippen LogP contribution in [0.5, 0.6) is 0 Å². The zero-order chi connectivity index (χ0) is 14.1. The van der Waals surface area contributed by atoms with Gasteiger partial charge in [-0.2, -0.15) is 0 Å². The minimum Gasteiger partial charge on any atom is -0.338 e. The van der Waals surface area contributed by atoms with Crippen molar-refractivity contribution in [1.82, 2.24) is 4.90 Å². The number of benzene rings is 1. The molecular formula is C14H19BrINO. The van der Waals surface area contributed by atoms with Gasteiger partial charge >= 0.3 is 0 Å². The van der Waals surface area contributed by atoms with Crippen LogP contribution in [-0.4, -0.2) is 23.9 Å². The molecule has 0 aliphatic rings. The number of amides is 1. The highest BCUT2D eigenvalue weighted by atomic mass is 127. The molecule has 0 bridgehead atoms. The third-order valence-electron chi connectivity index (χ3n) is 3.31. The molecule has 1 aromatic carbocycles. The van der Waals surface area contributed by atoms with Gasteiger partial charge in [0.2, 0.25) is 0 Å². The van der Waals surface area contributed by atoms with E-state index in [-0.39, 0.29) is 17.4 Å². The van der Waals surface area contributed by atoms with Crippen molar-refractivity contribution in [3.63, 3.8) is 0 Å². The molecule has 18 heavy (non-hydrogen) atoms. The van der Waals surface area contributed by atoms with Crippen LogP contribution in [0.1, 0.15) is 38.1 Å². The largest absolute Gasteiger partial charge is 0.338 e. The Morgan fingerprint density at radius 3 is 2.44 bits per heavy atom. The summed E-state index contributed by atoms with van der Waals surface area (Å²) in [6.07, 6.45) is 0. The molecule has 1 amide bonds. The molecule has 4 heteroatoms. The lowest BCUT2D eigenvalue weighted by Crippen LogP contribution is -2.43. The Kier molecular flexibility index (Phi) is 5.23. The predicted molar refractivity (Wildman–Crippen MR) is 87.9 cm³/mol. The number of carbonyl (C=O) groups is 1. The maximum Gasteiger partial charge on any atom is 0.255 e. The summed E-state index contributed by atoms with van der Waals surface area (Å²) in [6, 6.07) is 5.99. The molecule has 1 unspecified atom stereocenters. The summed E-state index contributed by atoms with van der Waals surface area (Å²) in [5, 5.41) is 0. The van der Waals surface area contributed by atoms with Gasteiger partial charge in [0.25, 0.3) is 5.91 Å². The molecule has 100 valence electrons. The number of hydrogen-bond acceptors (Lipinski definition) is 1. The van der Waals surface area contributed by atoms with Crippen LogP contribution in [-0.2, 0) is 0 Å². The standard InChI is InChI=1S/C14H19BrINO/c1-9(14(2,3)4)17(5)13(18)11-8-10(16)6-7-12(11)15/h6-9H,1-5H3. The number of rotatable bonds is 2. The van der Waals surface area contributed by atoms with Crippen molar-refractivity contribution < 1.29 is 4.79 Å². The van der Waals surface area contributed by atoms with Crippen LogP contribution in [0, 0.1) is 8.99 Å². The van der Waals surface area contributed by atoms with Gasteiger partial charge < -0.3 is 4.90 Å². The van der Waals surface area contributed by atoms with E-state index in [1.165, 1.54) is 0 Å². The smallest absolute Gasteiger partial charge is 0.255 e. The lowest BCUT2D eigenvalue weighted by Gasteiger charge is -2.35. The van der Waals surface area contributed by atoms with Gasteiger partial charge in [-0.25, -0.2) is 0 Å². The SMILES string of the molecule is CC(N(C)C(=O)c1cc(I)ccc1Br)C(C)(C)C. The molecule has 1 atom stereocenters. The van der Waals surface area contributed by atoms with Crippen LogP contribution in [0.4, 0.5) is 0 Å². The molecule has 0 radical (unpaired) electrons. The maximum absolute atomic E-state index is 12.5. The molecule has 1 aromatic rings. The Morgan fingerprint density at radius 2 is 1.94 bits per heavy atom. The third-order valence-corrected chi connectivity index (χ3v) is 4.68. The minimum absolute atomic E-state index is 0.0582. The Bertz CT molecular complexity index is 454. The highest BCUT2D eigenvalue weighted by Gasteiger charge is 2.28. The Labute approximate surface area is 131 Å². The molecule has 0 N–H and O–H groups in total. The van der Waals surface area contributed by atoms with E-state index in [4.69, 9.17) is 0 Å². The van der Waals surface area contributed by atoms with Crippen molar-refractivity contribution >= 4 is 44.4 Å². The number of halogens is 2. The molecule has 0 aromatic heterocycles. The van der Waals surface area contributed by atoms with E-state index in [9.17, 15) is 4.79 Å². The first-order valence-electron chi connectivity index (χ1n) is 5.87. The van der Waals surface area contributed by atoms with E-state index in [2.05, 4.69) is 66.2 Å². The van der Waals surface area contributed by atoms with Crippen molar-refractivity contribution in [3.05, 3.63) is 31.8 Å². The molecule has 0 saturated heterocycles. The molecule has 0 spiro atoms. The van der Waals surface area contributed by atoms with Crippen molar-refractivity contribution in [2.45, 2.75) is 33.7 Å². The molecule has 0 aliphatic heterocycles. The van der Waals surface area contributed by atoms with E-state index in [0.717, 1.165) is 13.6 Å². The summed E-state index contributed by atoms with van der Waals surface area (Å²) in [5.41, 5.74) is 0.791. The van der Waals surface area contributed by atoms with Crippen LogP contribution in [0.2, 0.25) is 0 Å². The number of nitrogens with zero attached hydrogens (tertiary/aromatic N) is 1. The van der Waals surface area contributed by atoms with Gasteiger partial charge in [0.15, 0.2) is 0 Å². The predicted octanol–water partition coefficient (Wildman–Crippen LogP) is 4.56. The average molecular weight is 424 g/mol. The number of hydrogen-bond donors (Lipinski definition) is 0. The first-order valence-corrected chi connectivity index (χ1v) is 7.74. The average Bonchev–Trinajstić information content (AvgIpc) is 2.28. The molecule has 0 saturated carbocycles. The van der Waals surface area contributed by atoms with Gasteiger partial charge in [0, 0.05) is 21.1 Å². The lowest BCUT2D eigenvalue weighted by molar-refractivity contribution is 0.0628. The van der Waals surface area contributed by atoms with E-state index < -0.39 is 0 Å². The highest BCUT2D eigenvalue weighted by Crippen LogP contribution is 2.26. The zero-order valence-corrected chi connectivity index (χ0v) is 15.2. The molecule has 1 rings (SSSR count). The third kappa shape index (κ3) is 3.70. The van der Waals surface area contributed by atoms with Gasteiger partial charge in [-0.3, -0.25) is 4.79 Å². The highest BCUT2D eigenvalue weighted by molar-refractivity contribution is 14.1. The van der Waals surface area contributed by atoms with Gasteiger partial charge in [-0.15, -0.1) is 0 Å². The minimum atomic E-state index is 0.0582. The van der Waals surface area contributed by atoms with E-state index >= 15 is 0 Å². The van der Waals surface area contributed by atoms with Crippen molar-refractivity contribution in [1.29, 1.82) is 0 Å². The van der Waals surface area contributed by atoms with Crippen LogP contribution in [0.3, 0.4) is 0 Å². The fourth-order valence-corrected chi connectivity index (χ4v) is 2.52. The monoisotopic (exact) mass is 423 g/mol. The summed E-state index contributed by atoms with van der Waals surface area (Å²) < 4.78 is 1.91. The first-order chi connectivity index (χ1) is 8.14. The molecule has 0 heterocycles. The van der Waals surface area contributed by atoms with Crippen LogP contribution in [0.15, 0.2) is 22.7 Å². The fourth-order valence-electron chi connectivity index (χ4n) is 1.61. The summed E-state index contributed by atoms with van der Waals surface area (Å²) in [5.74, 6) is 0.0582. The quantitative estimate of drug-likeness (QED) is 0.638. The Balaban J connectivity index is 3.04. The molecule has 0 fully saturated rings. The summed E-state index contributed by atoms with van der Waals surface area (Å²) >= 11 is 5.67. The zero-order valence-electron chi connectivity index (χ0n) is 11.4. The van der Waals surface area contributed by atoms with Crippen molar-refractivity contribution in [3.8, 4) is 0 Å². The molecule has 2 nitrogen and oxygen atoms in total. The number of carbonyl (C=O) groups excluding carboxylic acids is 1. The van der Waals surface area contributed by atoms with Crippen molar-refractivity contribution in [2.24, 2.45) is 5.41 Å². The Hall–Kier alpha value is -0.100. The first kappa shape index (κ1) is 16.0. The maximum atomic E-state index is 12.5. The summed E-state index contributed by atoms with van der Waals surface area (Å²) in [6.45, 7) is 8.52. The molecule has 0 aliphatic carbocycles. The van der Waals surface area contributed by atoms with E-state index in [0.29, 0.717) is 0 Å². The van der Waals surface area contributed by atoms with Gasteiger partial charge in [0.05, 0.1) is 5.56 Å². The van der Waals surface area contributed by atoms with Crippen LogP contribution in [0.25, 0.3) is 0 Å². The van der Waals surface area contributed by atoms with Crippen LogP contribution < -0.4 is 0 Å². The lowest BCUT2D eigenvalue weighted by atomic mass is 9.87. The normalized spacial score (nSPS) is 13.3. The fraction of sp³-hybridized carbons (Fsp3) is 0.500. The van der Waals surface area contributed by atoms with Gasteiger partial charge in [-0.1, -0.05) is 20.8 Å². The summed E-state index contributed by atoms with van der Waals surface area (Å²) in [7, 11) is 1.87. The second-order valence-electron chi connectivity index (χ2n) is 5.58. The second-order valence-corrected chi connectivity index (χ2v) is 7.68. The van der Waals surface area contributed by atoms with E-state index in [1.54, 1.807) is 0 Å². The van der Waals surface area contributed by atoms with E-state index in [1.807, 2.05) is 30.1 Å². The Morgan fingerprint density at radius 1 is 1.39 bits per heavy atom. The van der Waals surface area contributed by atoms with Gasteiger partial charge in [-0.05, 0) is 69.1 Å². The summed E-state index contributed by atoms with van der Waals surface area (Å²) in [4.78, 5) is 14.3. The molecular weight excluding hydrogens is 405 g/mol. The second kappa shape index (κ2) is 5.90. The van der Waals surface area contributed by atoms with Crippen LogP contribution >= 0.6 is 38.5 Å². The van der Waals surface area contributed by atoms with Crippen molar-refractivity contribution in [2.75, 3.05) is 7.05 Å².